The molecule has 1 aliphatic rings. The zero-order valence-electron chi connectivity index (χ0n) is 13.8. The van der Waals surface area contributed by atoms with Crippen LogP contribution in [0.1, 0.15) is 39.9 Å². The SMILES string of the molecule is Cc1ccc(C(=O)N[C@H]2C[C@H](Oc3ccc(C#N)c(C#N)c3)C2)cc1. The van der Waals surface area contributed by atoms with Gasteiger partial charge in [0.2, 0.25) is 0 Å². The Labute approximate surface area is 146 Å². The number of nitrogens with one attached hydrogen (secondary N) is 1. The Bertz CT molecular complexity index is 869. The van der Waals surface area contributed by atoms with E-state index in [-0.39, 0.29) is 18.1 Å². The fourth-order valence-electron chi connectivity index (χ4n) is 2.73. The summed E-state index contributed by atoms with van der Waals surface area (Å²) in [6, 6.07) is 16.4. The Morgan fingerprint density at radius 1 is 1.08 bits per heavy atom. The van der Waals surface area contributed by atoms with Gasteiger partial charge in [-0.3, -0.25) is 4.79 Å². The van der Waals surface area contributed by atoms with Crippen molar-refractivity contribution in [3.8, 4) is 17.9 Å². The monoisotopic (exact) mass is 331 g/mol. The summed E-state index contributed by atoms with van der Waals surface area (Å²) >= 11 is 0. The van der Waals surface area contributed by atoms with Crippen molar-refractivity contribution in [1.29, 1.82) is 10.5 Å². The van der Waals surface area contributed by atoms with Gasteiger partial charge in [0.15, 0.2) is 0 Å². The highest BCUT2D eigenvalue weighted by molar-refractivity contribution is 5.94. The standard InChI is InChI=1S/C20H17N3O2/c1-13-2-4-14(5-3-13)20(24)23-17-9-19(10-17)25-18-7-6-15(11-21)16(8-18)12-22/h2-8,17,19H,9-10H2,1H3,(H,23,24)/t17-,19-. The van der Waals surface area contributed by atoms with Crippen LogP contribution in [0.25, 0.3) is 0 Å². The van der Waals surface area contributed by atoms with E-state index in [1.807, 2.05) is 43.3 Å². The van der Waals surface area contributed by atoms with E-state index in [0.29, 0.717) is 22.4 Å². The van der Waals surface area contributed by atoms with E-state index in [4.69, 9.17) is 15.3 Å². The van der Waals surface area contributed by atoms with Gasteiger partial charge >= 0.3 is 0 Å². The van der Waals surface area contributed by atoms with Crippen LogP contribution in [0.15, 0.2) is 42.5 Å². The second kappa shape index (κ2) is 7.07. The molecule has 0 radical (unpaired) electrons. The molecule has 0 unspecified atom stereocenters. The summed E-state index contributed by atoms with van der Waals surface area (Å²) < 4.78 is 5.81. The van der Waals surface area contributed by atoms with Gasteiger partial charge in [-0.05, 0) is 37.3 Å². The predicted octanol–water partition coefficient (Wildman–Crippen LogP) is 3.08. The minimum absolute atomic E-state index is 0.00259. The Morgan fingerprint density at radius 3 is 2.40 bits per heavy atom. The third-order valence-corrected chi connectivity index (χ3v) is 4.28. The fraction of sp³-hybridized carbons (Fsp3) is 0.250. The van der Waals surface area contributed by atoms with Gasteiger partial charge in [-0.1, -0.05) is 17.7 Å². The molecule has 0 bridgehead atoms. The normalized spacial score (nSPS) is 18.4. The number of nitriles is 2. The first-order chi connectivity index (χ1) is 12.1. The van der Waals surface area contributed by atoms with E-state index in [1.165, 1.54) is 0 Å². The van der Waals surface area contributed by atoms with E-state index in [9.17, 15) is 4.79 Å². The minimum Gasteiger partial charge on any atom is -0.490 e. The van der Waals surface area contributed by atoms with Crippen molar-refractivity contribution in [2.75, 3.05) is 0 Å². The van der Waals surface area contributed by atoms with Crippen molar-refractivity contribution >= 4 is 5.91 Å². The van der Waals surface area contributed by atoms with E-state index in [2.05, 4.69) is 5.32 Å². The van der Waals surface area contributed by atoms with Gasteiger partial charge in [0.1, 0.15) is 24.0 Å². The largest absolute Gasteiger partial charge is 0.490 e. The lowest BCUT2D eigenvalue weighted by atomic mass is 9.89. The third kappa shape index (κ3) is 3.79. The lowest BCUT2D eigenvalue weighted by Crippen LogP contribution is -2.49. The Kier molecular flexibility index (Phi) is 4.68. The van der Waals surface area contributed by atoms with Gasteiger partial charge in [0.05, 0.1) is 11.1 Å². The molecule has 3 rings (SSSR count). The van der Waals surface area contributed by atoms with Crippen LogP contribution in [0, 0.1) is 29.6 Å². The van der Waals surface area contributed by atoms with Gasteiger partial charge in [-0.15, -0.1) is 0 Å². The van der Waals surface area contributed by atoms with Crippen molar-refractivity contribution in [3.63, 3.8) is 0 Å². The number of aryl methyl sites for hydroxylation is 1. The summed E-state index contributed by atoms with van der Waals surface area (Å²) in [5.41, 5.74) is 2.42. The molecule has 0 aliphatic heterocycles. The number of benzene rings is 2. The quantitative estimate of drug-likeness (QED) is 0.933. The highest BCUT2D eigenvalue weighted by Gasteiger charge is 2.32. The van der Waals surface area contributed by atoms with E-state index >= 15 is 0 Å². The van der Waals surface area contributed by atoms with Crippen LogP contribution in [0.4, 0.5) is 0 Å². The van der Waals surface area contributed by atoms with Crippen LogP contribution in [0.2, 0.25) is 0 Å². The molecule has 0 aromatic heterocycles. The first kappa shape index (κ1) is 16.5. The molecule has 0 heterocycles. The maximum atomic E-state index is 12.2. The topological polar surface area (TPSA) is 85.9 Å². The summed E-state index contributed by atoms with van der Waals surface area (Å²) in [5.74, 6) is 0.498. The zero-order chi connectivity index (χ0) is 17.8. The second-order valence-electron chi connectivity index (χ2n) is 6.18. The lowest BCUT2D eigenvalue weighted by Gasteiger charge is -2.35. The average molecular weight is 331 g/mol. The molecule has 5 heteroatoms. The van der Waals surface area contributed by atoms with Crippen LogP contribution in [0.5, 0.6) is 5.75 Å². The molecule has 25 heavy (non-hydrogen) atoms. The van der Waals surface area contributed by atoms with Crippen molar-refractivity contribution < 1.29 is 9.53 Å². The smallest absolute Gasteiger partial charge is 0.251 e. The van der Waals surface area contributed by atoms with Crippen molar-refractivity contribution in [3.05, 3.63) is 64.7 Å². The Hall–Kier alpha value is -3.31. The van der Waals surface area contributed by atoms with Crippen LogP contribution in [-0.2, 0) is 0 Å². The molecule has 0 spiro atoms. The molecular formula is C20H17N3O2. The number of carbonyl (C=O) groups is 1. The molecule has 1 N–H and O–H groups in total. The Morgan fingerprint density at radius 2 is 1.76 bits per heavy atom. The molecule has 1 aliphatic carbocycles. The van der Waals surface area contributed by atoms with Crippen LogP contribution < -0.4 is 10.1 Å². The second-order valence-corrected chi connectivity index (χ2v) is 6.18. The Balaban J connectivity index is 1.51. The van der Waals surface area contributed by atoms with Gasteiger partial charge < -0.3 is 10.1 Å². The van der Waals surface area contributed by atoms with E-state index < -0.39 is 0 Å². The number of rotatable bonds is 4. The number of carbonyl (C=O) groups excluding carboxylic acids is 1. The lowest BCUT2D eigenvalue weighted by molar-refractivity contribution is 0.0701. The number of hydrogen-bond donors (Lipinski definition) is 1. The van der Waals surface area contributed by atoms with E-state index in [1.54, 1.807) is 18.2 Å². The van der Waals surface area contributed by atoms with Gasteiger partial charge in [-0.2, -0.15) is 10.5 Å². The number of amides is 1. The maximum absolute atomic E-state index is 12.2. The molecule has 0 saturated heterocycles. The summed E-state index contributed by atoms with van der Waals surface area (Å²) in [6.07, 6.45) is 1.45. The predicted molar refractivity (Wildman–Crippen MR) is 92.0 cm³/mol. The molecule has 1 fully saturated rings. The van der Waals surface area contributed by atoms with Crippen molar-refractivity contribution in [2.24, 2.45) is 0 Å². The summed E-state index contributed by atoms with van der Waals surface area (Å²) in [4.78, 5) is 12.2. The minimum atomic E-state index is -0.0754. The number of hydrogen-bond acceptors (Lipinski definition) is 4. The van der Waals surface area contributed by atoms with Gasteiger partial charge in [0, 0.05) is 24.4 Å². The molecule has 2 aromatic carbocycles. The van der Waals surface area contributed by atoms with Gasteiger partial charge in [0.25, 0.3) is 5.91 Å². The molecule has 2 aromatic rings. The average Bonchev–Trinajstić information content (AvgIpc) is 2.60. The number of nitrogens with zero attached hydrogens (tertiary/aromatic N) is 2. The zero-order valence-corrected chi connectivity index (χ0v) is 13.8. The maximum Gasteiger partial charge on any atom is 0.251 e. The summed E-state index contributed by atoms with van der Waals surface area (Å²) in [6.45, 7) is 1.98. The summed E-state index contributed by atoms with van der Waals surface area (Å²) in [5, 5.41) is 21.0. The van der Waals surface area contributed by atoms with Crippen LogP contribution in [0.3, 0.4) is 0 Å². The van der Waals surface area contributed by atoms with Crippen molar-refractivity contribution in [2.45, 2.75) is 31.9 Å². The van der Waals surface area contributed by atoms with Crippen LogP contribution in [-0.4, -0.2) is 18.1 Å². The van der Waals surface area contributed by atoms with E-state index in [0.717, 1.165) is 18.4 Å². The summed E-state index contributed by atoms with van der Waals surface area (Å²) in [7, 11) is 0. The molecule has 124 valence electrons. The van der Waals surface area contributed by atoms with Crippen LogP contribution >= 0.6 is 0 Å². The molecular weight excluding hydrogens is 314 g/mol. The number of ether oxygens (including phenoxy) is 1. The molecule has 1 saturated carbocycles. The third-order valence-electron chi connectivity index (χ3n) is 4.28. The van der Waals surface area contributed by atoms with Crippen molar-refractivity contribution in [1.82, 2.24) is 5.32 Å². The highest BCUT2D eigenvalue weighted by Crippen LogP contribution is 2.27. The molecule has 1 amide bonds. The fourth-order valence-corrected chi connectivity index (χ4v) is 2.73. The first-order valence-electron chi connectivity index (χ1n) is 8.07. The van der Waals surface area contributed by atoms with Gasteiger partial charge in [-0.25, -0.2) is 0 Å². The highest BCUT2D eigenvalue weighted by atomic mass is 16.5. The molecule has 5 nitrogen and oxygen atoms in total. The first-order valence-corrected chi connectivity index (χ1v) is 8.07. The molecule has 0 atom stereocenters.